The Morgan fingerprint density at radius 2 is 1.72 bits per heavy atom. The number of hydrogen-bond donors (Lipinski definition) is 0. The fourth-order valence-corrected chi connectivity index (χ4v) is 5.09. The third-order valence-electron chi connectivity index (χ3n) is 4.88. The summed E-state index contributed by atoms with van der Waals surface area (Å²) in [6.07, 6.45) is -4.76. The van der Waals surface area contributed by atoms with Crippen LogP contribution in [0.5, 0.6) is 5.75 Å². The van der Waals surface area contributed by atoms with Crippen LogP contribution >= 0.6 is 11.6 Å². The van der Waals surface area contributed by atoms with Crippen LogP contribution in [-0.4, -0.2) is 56.3 Å². The molecule has 1 amide bonds. The molecule has 0 spiro atoms. The predicted molar refractivity (Wildman–Crippen MR) is 108 cm³/mol. The summed E-state index contributed by atoms with van der Waals surface area (Å²) >= 11 is 5.87. The number of rotatable bonds is 6. The van der Waals surface area contributed by atoms with Gasteiger partial charge in [-0.2, -0.15) is 17.5 Å². The minimum absolute atomic E-state index is 0.0224. The predicted octanol–water partition coefficient (Wildman–Crippen LogP) is 3.80. The molecule has 0 aromatic heterocycles. The highest BCUT2D eigenvalue weighted by Crippen LogP contribution is 2.34. The van der Waals surface area contributed by atoms with Crippen molar-refractivity contribution < 1.29 is 35.5 Å². The topological polar surface area (TPSA) is 66.9 Å². The lowest BCUT2D eigenvalue weighted by Crippen LogP contribution is -2.50. The van der Waals surface area contributed by atoms with Crippen molar-refractivity contribution in [3.63, 3.8) is 0 Å². The molecule has 1 fully saturated rings. The van der Waals surface area contributed by atoms with Crippen LogP contribution in [0.25, 0.3) is 0 Å². The summed E-state index contributed by atoms with van der Waals surface area (Å²) in [7, 11) is -4.29. The number of carbonyl (C=O) groups is 1. The molecule has 1 saturated heterocycles. The Hall–Kier alpha value is -2.37. The van der Waals surface area contributed by atoms with Gasteiger partial charge >= 0.3 is 6.18 Å². The smallest absolute Gasteiger partial charge is 0.416 e. The van der Waals surface area contributed by atoms with Crippen LogP contribution in [0, 0.1) is 5.82 Å². The molecule has 0 saturated carbocycles. The number of nitrogens with zero attached hydrogens (tertiary/aromatic N) is 2. The Kier molecular flexibility index (Phi) is 7.31. The largest absolute Gasteiger partial charge is 0.490 e. The molecular formula is C20H19ClF4N2O4S. The summed E-state index contributed by atoms with van der Waals surface area (Å²) in [4.78, 5) is 13.1. The molecule has 6 nitrogen and oxygen atoms in total. The van der Waals surface area contributed by atoms with E-state index in [0.29, 0.717) is 12.1 Å². The lowest BCUT2D eigenvalue weighted by Gasteiger charge is -2.34. The van der Waals surface area contributed by atoms with Crippen LogP contribution in [-0.2, 0) is 21.0 Å². The third-order valence-corrected chi connectivity index (χ3v) is 7.26. The van der Waals surface area contributed by atoms with E-state index in [1.54, 1.807) is 6.07 Å². The Bertz CT molecular complexity index is 1090. The zero-order chi connectivity index (χ0) is 23.5. The first-order valence-corrected chi connectivity index (χ1v) is 11.3. The van der Waals surface area contributed by atoms with E-state index in [1.165, 1.54) is 23.1 Å². The Balaban J connectivity index is 1.59. The maximum Gasteiger partial charge on any atom is 0.416 e. The van der Waals surface area contributed by atoms with Crippen molar-refractivity contribution in [1.29, 1.82) is 0 Å². The number of para-hydroxylation sites is 1. The van der Waals surface area contributed by atoms with Crippen molar-refractivity contribution in [2.45, 2.75) is 17.5 Å². The van der Waals surface area contributed by atoms with Gasteiger partial charge in [-0.25, -0.2) is 12.8 Å². The van der Waals surface area contributed by atoms with E-state index < -0.39 is 32.5 Å². The van der Waals surface area contributed by atoms with Gasteiger partial charge in [0.15, 0.2) is 11.6 Å². The second-order valence-corrected chi connectivity index (χ2v) is 9.27. The fourth-order valence-electron chi connectivity index (χ4n) is 3.16. The van der Waals surface area contributed by atoms with Gasteiger partial charge in [-0.1, -0.05) is 23.7 Å². The van der Waals surface area contributed by atoms with E-state index in [2.05, 4.69) is 0 Å². The van der Waals surface area contributed by atoms with E-state index in [0.717, 1.165) is 10.4 Å². The highest BCUT2D eigenvalue weighted by atomic mass is 35.5. The highest BCUT2D eigenvalue weighted by Gasteiger charge is 2.35. The van der Waals surface area contributed by atoms with Crippen LogP contribution in [0.1, 0.15) is 12.0 Å². The molecule has 0 unspecified atom stereocenters. The molecular weight excluding hydrogens is 476 g/mol. The molecule has 2 aromatic carbocycles. The lowest BCUT2D eigenvalue weighted by atomic mass is 10.2. The van der Waals surface area contributed by atoms with Crippen molar-refractivity contribution in [2.24, 2.45) is 0 Å². The summed E-state index contributed by atoms with van der Waals surface area (Å²) in [5, 5.41) is -0.318. The molecule has 1 heterocycles. The van der Waals surface area contributed by atoms with Crippen molar-refractivity contribution in [3.8, 4) is 5.75 Å². The van der Waals surface area contributed by atoms with E-state index in [9.17, 15) is 30.8 Å². The molecule has 1 aliphatic rings. The highest BCUT2D eigenvalue weighted by molar-refractivity contribution is 7.89. The standard InChI is InChI=1S/C20H19ClF4N2O4S/c21-15-6-5-14(20(23,24)25)13-18(15)32(29,30)27-10-8-26(9-11-27)19(28)7-12-31-17-4-2-1-3-16(17)22/h1-6,13H,7-12H2. The van der Waals surface area contributed by atoms with Crippen LogP contribution in [0.15, 0.2) is 47.4 Å². The molecule has 0 N–H and O–H groups in total. The van der Waals surface area contributed by atoms with E-state index in [4.69, 9.17) is 16.3 Å². The fraction of sp³-hybridized carbons (Fsp3) is 0.350. The van der Waals surface area contributed by atoms with Crippen molar-refractivity contribution in [1.82, 2.24) is 9.21 Å². The summed E-state index contributed by atoms with van der Waals surface area (Å²) in [6, 6.07) is 7.88. The molecule has 174 valence electrons. The third kappa shape index (κ3) is 5.51. The maximum atomic E-state index is 13.5. The average molecular weight is 495 g/mol. The average Bonchev–Trinajstić information content (AvgIpc) is 2.74. The quantitative estimate of drug-likeness (QED) is 0.573. The van der Waals surface area contributed by atoms with Gasteiger partial charge in [0.05, 0.1) is 23.6 Å². The lowest BCUT2D eigenvalue weighted by molar-refractivity contribution is -0.137. The number of alkyl halides is 3. The van der Waals surface area contributed by atoms with Gasteiger partial charge in [0, 0.05) is 26.2 Å². The van der Waals surface area contributed by atoms with Crippen LogP contribution < -0.4 is 4.74 Å². The van der Waals surface area contributed by atoms with Gasteiger partial charge in [0.2, 0.25) is 15.9 Å². The second kappa shape index (κ2) is 9.63. The second-order valence-electron chi connectivity index (χ2n) is 6.96. The van der Waals surface area contributed by atoms with Gasteiger partial charge in [0.1, 0.15) is 4.90 Å². The van der Waals surface area contributed by atoms with Gasteiger partial charge in [0.25, 0.3) is 0 Å². The number of sulfonamides is 1. The molecule has 0 bridgehead atoms. The zero-order valence-electron chi connectivity index (χ0n) is 16.6. The minimum Gasteiger partial charge on any atom is -0.490 e. The first-order valence-electron chi connectivity index (χ1n) is 9.52. The van der Waals surface area contributed by atoms with E-state index >= 15 is 0 Å². The van der Waals surface area contributed by atoms with Gasteiger partial charge < -0.3 is 9.64 Å². The number of hydrogen-bond acceptors (Lipinski definition) is 4. The molecule has 0 atom stereocenters. The molecule has 0 aliphatic carbocycles. The van der Waals surface area contributed by atoms with Crippen molar-refractivity contribution in [2.75, 3.05) is 32.8 Å². The first kappa shape index (κ1) is 24.3. The summed E-state index contributed by atoms with van der Waals surface area (Å²) < 4.78 is 84.4. The summed E-state index contributed by atoms with van der Waals surface area (Å²) in [6.45, 7) is -0.162. The Morgan fingerprint density at radius 3 is 2.34 bits per heavy atom. The SMILES string of the molecule is O=C(CCOc1ccccc1F)N1CCN(S(=O)(=O)c2cc(C(F)(F)F)ccc2Cl)CC1. The number of piperazine rings is 1. The molecule has 32 heavy (non-hydrogen) atoms. The molecule has 0 radical (unpaired) electrons. The van der Waals surface area contributed by atoms with Crippen LogP contribution in [0.3, 0.4) is 0 Å². The van der Waals surface area contributed by atoms with E-state index in [1.807, 2.05) is 0 Å². The Labute approximate surface area is 187 Å². The molecule has 1 aliphatic heterocycles. The van der Waals surface area contributed by atoms with E-state index in [-0.39, 0.29) is 55.9 Å². The number of carbonyl (C=O) groups excluding carboxylic acids is 1. The number of amides is 1. The van der Waals surface area contributed by atoms with Gasteiger partial charge in [-0.05, 0) is 30.3 Å². The van der Waals surface area contributed by atoms with Crippen LogP contribution in [0.4, 0.5) is 17.6 Å². The van der Waals surface area contributed by atoms with Crippen LogP contribution in [0.2, 0.25) is 5.02 Å². The van der Waals surface area contributed by atoms with Crippen molar-refractivity contribution in [3.05, 3.63) is 58.9 Å². The summed E-state index contributed by atoms with van der Waals surface area (Å²) in [5.74, 6) is -0.836. The summed E-state index contributed by atoms with van der Waals surface area (Å²) in [5.41, 5.74) is -1.12. The minimum atomic E-state index is -4.72. The van der Waals surface area contributed by atoms with Gasteiger partial charge in [-0.3, -0.25) is 4.79 Å². The number of halogens is 5. The van der Waals surface area contributed by atoms with Crippen molar-refractivity contribution >= 4 is 27.5 Å². The molecule has 12 heteroatoms. The first-order chi connectivity index (χ1) is 15.0. The normalized spacial score (nSPS) is 15.6. The maximum absolute atomic E-state index is 13.5. The zero-order valence-corrected chi connectivity index (χ0v) is 18.2. The molecule has 2 aromatic rings. The monoisotopic (exact) mass is 494 g/mol. The molecule has 3 rings (SSSR count). The Morgan fingerprint density at radius 1 is 1.06 bits per heavy atom. The number of ether oxygens (including phenoxy) is 1. The van der Waals surface area contributed by atoms with Gasteiger partial charge in [-0.15, -0.1) is 0 Å². The number of benzene rings is 2.